The van der Waals surface area contributed by atoms with Gasteiger partial charge in [-0.2, -0.15) is 0 Å². The van der Waals surface area contributed by atoms with Crippen molar-refractivity contribution in [2.75, 3.05) is 13.2 Å². The maximum atomic E-state index is 12.6. The number of carbonyl (C=O) groups is 1. The summed E-state index contributed by atoms with van der Waals surface area (Å²) in [5, 5.41) is 0. The van der Waals surface area contributed by atoms with Crippen molar-refractivity contribution in [2.45, 2.75) is 13.8 Å². The van der Waals surface area contributed by atoms with Crippen LogP contribution in [0.5, 0.6) is 0 Å². The Hall–Kier alpha value is -1.48. The Morgan fingerprint density at radius 3 is 1.90 bits per heavy atom. The Bertz CT molecular complexity index is 526. The SMILES string of the molecule is C=C(C)COP(=O)(OCC(=C)C)C(=O)c1ccccc1. The van der Waals surface area contributed by atoms with Crippen molar-refractivity contribution in [2.24, 2.45) is 0 Å². The van der Waals surface area contributed by atoms with Crippen LogP contribution in [0.3, 0.4) is 0 Å². The molecule has 0 fully saturated rings. The number of carbonyl (C=O) groups excluding carboxylic acids is 1. The zero-order chi connectivity index (χ0) is 15.2. The number of hydrogen-bond acceptors (Lipinski definition) is 4. The van der Waals surface area contributed by atoms with Crippen molar-refractivity contribution in [3.05, 3.63) is 60.2 Å². The van der Waals surface area contributed by atoms with Gasteiger partial charge in [0.25, 0.3) is 5.52 Å². The van der Waals surface area contributed by atoms with Crippen LogP contribution in [0.15, 0.2) is 54.6 Å². The molecule has 20 heavy (non-hydrogen) atoms. The highest BCUT2D eigenvalue weighted by atomic mass is 31.2. The summed E-state index contributed by atoms with van der Waals surface area (Å²) in [7, 11) is -3.90. The van der Waals surface area contributed by atoms with Gasteiger partial charge in [-0.15, -0.1) is 0 Å². The van der Waals surface area contributed by atoms with Gasteiger partial charge in [0.2, 0.25) is 0 Å². The van der Waals surface area contributed by atoms with Gasteiger partial charge < -0.3 is 0 Å². The summed E-state index contributed by atoms with van der Waals surface area (Å²) in [4.78, 5) is 12.3. The number of hydrogen-bond donors (Lipinski definition) is 0. The summed E-state index contributed by atoms with van der Waals surface area (Å²) < 4.78 is 23.0. The monoisotopic (exact) mass is 294 g/mol. The predicted molar refractivity (Wildman–Crippen MR) is 79.9 cm³/mol. The van der Waals surface area contributed by atoms with Crippen LogP contribution in [-0.4, -0.2) is 18.7 Å². The maximum absolute atomic E-state index is 12.6. The fourth-order valence-corrected chi connectivity index (χ4v) is 2.84. The van der Waals surface area contributed by atoms with E-state index in [-0.39, 0.29) is 13.2 Å². The van der Waals surface area contributed by atoms with Crippen LogP contribution in [0.25, 0.3) is 0 Å². The van der Waals surface area contributed by atoms with Crippen molar-refractivity contribution in [1.82, 2.24) is 0 Å². The van der Waals surface area contributed by atoms with Crippen LogP contribution in [0, 0.1) is 0 Å². The average Bonchev–Trinajstić information content (AvgIpc) is 2.43. The van der Waals surface area contributed by atoms with Gasteiger partial charge in [-0.3, -0.25) is 18.4 Å². The molecule has 4 nitrogen and oxygen atoms in total. The van der Waals surface area contributed by atoms with Gasteiger partial charge >= 0.3 is 7.60 Å². The highest BCUT2D eigenvalue weighted by Crippen LogP contribution is 2.51. The molecule has 0 amide bonds. The first-order valence-electron chi connectivity index (χ1n) is 6.13. The third-order valence-corrected chi connectivity index (χ3v) is 3.92. The quantitative estimate of drug-likeness (QED) is 0.532. The van der Waals surface area contributed by atoms with E-state index in [2.05, 4.69) is 13.2 Å². The molecule has 0 aliphatic rings. The minimum absolute atomic E-state index is 0.00599. The van der Waals surface area contributed by atoms with Crippen LogP contribution in [0.4, 0.5) is 0 Å². The Balaban J connectivity index is 2.97. The molecule has 0 aliphatic carbocycles. The second-order valence-electron chi connectivity index (χ2n) is 4.63. The van der Waals surface area contributed by atoms with Gasteiger partial charge in [-0.25, -0.2) is 0 Å². The standard InChI is InChI=1S/C15H19O4P/c1-12(2)10-18-20(17,19-11-13(3)4)15(16)14-8-6-5-7-9-14/h5-9H,1,3,10-11H2,2,4H3. The molecule has 0 saturated heterocycles. The molecule has 0 radical (unpaired) electrons. The number of rotatable bonds is 8. The predicted octanol–water partition coefficient (Wildman–Crippen LogP) is 4.21. The van der Waals surface area contributed by atoms with Gasteiger partial charge in [0.15, 0.2) is 0 Å². The summed E-state index contributed by atoms with van der Waals surface area (Å²) in [5.74, 6) is 0. The normalized spacial score (nSPS) is 11.1. The molecule has 0 bridgehead atoms. The Morgan fingerprint density at radius 2 is 1.50 bits per heavy atom. The average molecular weight is 294 g/mol. The molecule has 1 aromatic rings. The Kier molecular flexibility index (Phi) is 6.08. The first-order chi connectivity index (χ1) is 9.35. The topological polar surface area (TPSA) is 52.6 Å². The van der Waals surface area contributed by atoms with Crippen molar-refractivity contribution in [3.8, 4) is 0 Å². The van der Waals surface area contributed by atoms with Gasteiger partial charge in [0.1, 0.15) is 0 Å². The van der Waals surface area contributed by atoms with E-state index in [0.29, 0.717) is 16.7 Å². The molecule has 0 saturated carbocycles. The minimum Gasteiger partial charge on any atom is -0.298 e. The first-order valence-corrected chi connectivity index (χ1v) is 7.67. The van der Waals surface area contributed by atoms with Crippen LogP contribution in [0.1, 0.15) is 24.2 Å². The summed E-state index contributed by atoms with van der Waals surface area (Å²) >= 11 is 0. The molecule has 0 heterocycles. The zero-order valence-corrected chi connectivity index (χ0v) is 12.7. The summed E-state index contributed by atoms with van der Waals surface area (Å²) in [5.41, 5.74) is 0.954. The third kappa shape index (κ3) is 4.89. The second kappa shape index (κ2) is 7.34. The van der Waals surface area contributed by atoms with E-state index < -0.39 is 13.1 Å². The fraction of sp³-hybridized carbons (Fsp3) is 0.267. The van der Waals surface area contributed by atoms with Crippen LogP contribution in [-0.2, 0) is 13.6 Å². The van der Waals surface area contributed by atoms with E-state index in [1.54, 1.807) is 44.2 Å². The van der Waals surface area contributed by atoms with Crippen molar-refractivity contribution < 1.29 is 18.4 Å². The zero-order valence-electron chi connectivity index (χ0n) is 11.8. The lowest BCUT2D eigenvalue weighted by atomic mass is 10.2. The van der Waals surface area contributed by atoms with E-state index in [1.165, 1.54) is 0 Å². The van der Waals surface area contributed by atoms with Crippen LogP contribution >= 0.6 is 7.60 Å². The largest absolute Gasteiger partial charge is 0.402 e. The summed E-state index contributed by atoms with van der Waals surface area (Å²) in [6.45, 7) is 10.8. The summed E-state index contributed by atoms with van der Waals surface area (Å²) in [6, 6.07) is 8.29. The van der Waals surface area contributed by atoms with Gasteiger partial charge in [0.05, 0.1) is 13.2 Å². The molecule has 0 unspecified atom stereocenters. The molecule has 1 rings (SSSR count). The van der Waals surface area contributed by atoms with Crippen molar-refractivity contribution in [3.63, 3.8) is 0 Å². The van der Waals surface area contributed by atoms with Gasteiger partial charge in [0, 0.05) is 5.56 Å². The van der Waals surface area contributed by atoms with E-state index in [0.717, 1.165) is 0 Å². The highest BCUT2D eigenvalue weighted by molar-refractivity contribution is 7.72. The van der Waals surface area contributed by atoms with E-state index in [4.69, 9.17) is 9.05 Å². The lowest BCUT2D eigenvalue weighted by molar-refractivity contribution is 0.101. The summed E-state index contributed by atoms with van der Waals surface area (Å²) in [6.07, 6.45) is 0. The maximum Gasteiger partial charge on any atom is 0.402 e. The van der Waals surface area contributed by atoms with E-state index in [9.17, 15) is 9.36 Å². The minimum atomic E-state index is -3.90. The molecule has 0 spiro atoms. The van der Waals surface area contributed by atoms with Crippen molar-refractivity contribution >= 4 is 13.1 Å². The third-order valence-electron chi connectivity index (χ3n) is 2.23. The molecule has 5 heteroatoms. The van der Waals surface area contributed by atoms with E-state index in [1.807, 2.05) is 0 Å². The van der Waals surface area contributed by atoms with Crippen molar-refractivity contribution in [1.29, 1.82) is 0 Å². The van der Waals surface area contributed by atoms with Gasteiger partial charge in [-0.05, 0) is 13.8 Å². The lowest BCUT2D eigenvalue weighted by Gasteiger charge is -2.17. The molecule has 0 aliphatic heterocycles. The molecule has 1 aromatic carbocycles. The van der Waals surface area contributed by atoms with E-state index >= 15 is 0 Å². The molecule has 108 valence electrons. The first kappa shape index (κ1) is 16.6. The fourth-order valence-electron chi connectivity index (χ4n) is 1.28. The smallest absolute Gasteiger partial charge is 0.298 e. The molecule has 0 N–H and O–H groups in total. The van der Waals surface area contributed by atoms with Gasteiger partial charge in [-0.1, -0.05) is 54.6 Å². The van der Waals surface area contributed by atoms with Crippen LogP contribution < -0.4 is 0 Å². The molecular weight excluding hydrogens is 275 g/mol. The highest BCUT2D eigenvalue weighted by Gasteiger charge is 2.35. The Labute approximate surface area is 119 Å². The molecular formula is C15H19O4P. The second-order valence-corrected chi connectivity index (χ2v) is 6.55. The van der Waals surface area contributed by atoms with Crippen LogP contribution in [0.2, 0.25) is 0 Å². The lowest BCUT2D eigenvalue weighted by Crippen LogP contribution is -2.09. The molecule has 0 aromatic heterocycles. The molecule has 0 atom stereocenters. The number of benzene rings is 1. The Morgan fingerprint density at radius 1 is 1.05 bits per heavy atom.